The predicted octanol–water partition coefficient (Wildman–Crippen LogP) is 7.17. The standard InChI is InChI=1S/C33H42N4O3/c1-7-12-18-37(19-13-8-2)32-34-22(6)29-30(35-32)39-28-21-27(36(10-4)11-5)23(9-3)20-26(28)33(29)25-17-15-14-16-24(25)31(38)40-33/h14-17,20-21H,7-13,18-19H2,1-6H3. The molecule has 0 saturated carbocycles. The zero-order valence-corrected chi connectivity index (χ0v) is 24.8. The fraction of sp³-hybridized carbons (Fsp3) is 0.485. The van der Waals surface area contributed by atoms with Gasteiger partial charge < -0.3 is 19.3 Å². The highest BCUT2D eigenvalue weighted by Gasteiger charge is 2.55. The Morgan fingerprint density at radius 2 is 1.57 bits per heavy atom. The van der Waals surface area contributed by atoms with E-state index in [0.29, 0.717) is 28.7 Å². The van der Waals surface area contributed by atoms with Crippen LogP contribution >= 0.6 is 0 Å². The molecule has 3 aromatic rings. The van der Waals surface area contributed by atoms with Gasteiger partial charge in [0, 0.05) is 49.1 Å². The number of ether oxygens (including phenoxy) is 2. The van der Waals surface area contributed by atoms with Crippen molar-refractivity contribution in [3.8, 4) is 11.6 Å². The van der Waals surface area contributed by atoms with Gasteiger partial charge in [-0.1, -0.05) is 51.8 Å². The summed E-state index contributed by atoms with van der Waals surface area (Å²) >= 11 is 0. The average Bonchev–Trinajstić information content (AvgIpc) is 3.25. The van der Waals surface area contributed by atoms with Gasteiger partial charge in [-0.2, -0.15) is 4.98 Å². The zero-order chi connectivity index (χ0) is 28.4. The fourth-order valence-corrected chi connectivity index (χ4v) is 6.12. The van der Waals surface area contributed by atoms with Crippen LogP contribution in [-0.4, -0.2) is 42.1 Å². The molecule has 7 nitrogen and oxygen atoms in total. The molecule has 40 heavy (non-hydrogen) atoms. The molecular formula is C33H42N4O3. The number of unbranched alkanes of at least 4 members (excludes halogenated alkanes) is 2. The summed E-state index contributed by atoms with van der Waals surface area (Å²) in [5.41, 5.74) is 4.86. The SMILES string of the molecule is CCCCN(CCCC)c1nc(C)c2c(n1)Oc1cc(N(CC)CC)c(CC)cc1C21OC(=O)c2ccccc21. The highest BCUT2D eigenvalue weighted by atomic mass is 16.6. The molecule has 212 valence electrons. The second kappa shape index (κ2) is 11.5. The summed E-state index contributed by atoms with van der Waals surface area (Å²) in [5, 5.41) is 0. The first-order valence-corrected chi connectivity index (χ1v) is 15.0. The highest BCUT2D eigenvalue weighted by molar-refractivity contribution is 5.97. The third-order valence-corrected chi connectivity index (χ3v) is 8.27. The van der Waals surface area contributed by atoms with E-state index in [2.05, 4.69) is 56.6 Å². The molecule has 1 aromatic heterocycles. The Labute approximate surface area is 238 Å². The molecule has 1 unspecified atom stereocenters. The van der Waals surface area contributed by atoms with Crippen LogP contribution in [-0.2, 0) is 16.8 Å². The van der Waals surface area contributed by atoms with Gasteiger partial charge in [-0.3, -0.25) is 0 Å². The van der Waals surface area contributed by atoms with E-state index in [1.165, 1.54) is 5.56 Å². The van der Waals surface area contributed by atoms with E-state index in [1.54, 1.807) is 0 Å². The van der Waals surface area contributed by atoms with Gasteiger partial charge in [0.05, 0.1) is 16.8 Å². The van der Waals surface area contributed by atoms with Crippen LogP contribution in [0, 0.1) is 6.92 Å². The minimum Gasteiger partial charge on any atom is -0.440 e. The summed E-state index contributed by atoms with van der Waals surface area (Å²) in [7, 11) is 0. The number of hydrogen-bond acceptors (Lipinski definition) is 7. The lowest BCUT2D eigenvalue weighted by Crippen LogP contribution is -2.36. The Hall–Kier alpha value is -3.61. The molecule has 0 fully saturated rings. The van der Waals surface area contributed by atoms with E-state index in [1.807, 2.05) is 31.2 Å². The van der Waals surface area contributed by atoms with E-state index in [-0.39, 0.29) is 5.97 Å². The van der Waals surface area contributed by atoms with Gasteiger partial charge in [-0.25, -0.2) is 9.78 Å². The molecule has 1 atom stereocenters. The van der Waals surface area contributed by atoms with Crippen molar-refractivity contribution in [2.24, 2.45) is 0 Å². The monoisotopic (exact) mass is 542 g/mol. The number of rotatable bonds is 11. The van der Waals surface area contributed by atoms with E-state index in [0.717, 1.165) is 80.8 Å². The van der Waals surface area contributed by atoms with E-state index >= 15 is 0 Å². The summed E-state index contributed by atoms with van der Waals surface area (Å²) in [6.45, 7) is 16.4. The maximum atomic E-state index is 13.4. The first-order valence-electron chi connectivity index (χ1n) is 15.0. The molecule has 5 rings (SSSR count). The minimum atomic E-state index is -1.16. The van der Waals surface area contributed by atoms with Crippen LogP contribution in [0.5, 0.6) is 11.6 Å². The Morgan fingerprint density at radius 3 is 2.23 bits per heavy atom. The van der Waals surface area contributed by atoms with Crippen molar-refractivity contribution in [3.05, 3.63) is 69.9 Å². The van der Waals surface area contributed by atoms with Crippen LogP contribution in [0.3, 0.4) is 0 Å². The van der Waals surface area contributed by atoms with Crippen molar-refractivity contribution in [2.45, 2.75) is 79.2 Å². The van der Waals surface area contributed by atoms with Crippen molar-refractivity contribution >= 4 is 17.6 Å². The number of carbonyl (C=O) groups is 1. The maximum Gasteiger partial charge on any atom is 0.340 e. The van der Waals surface area contributed by atoms with Gasteiger partial charge in [0.1, 0.15) is 5.75 Å². The Balaban J connectivity index is 1.77. The predicted molar refractivity (Wildman–Crippen MR) is 160 cm³/mol. The van der Waals surface area contributed by atoms with Crippen molar-refractivity contribution in [1.82, 2.24) is 9.97 Å². The number of nitrogens with zero attached hydrogens (tertiary/aromatic N) is 4. The normalized spacial score (nSPS) is 16.7. The largest absolute Gasteiger partial charge is 0.440 e. The summed E-state index contributed by atoms with van der Waals surface area (Å²) in [4.78, 5) is 28.1. The van der Waals surface area contributed by atoms with Gasteiger partial charge in [0.2, 0.25) is 11.8 Å². The summed E-state index contributed by atoms with van der Waals surface area (Å²) in [5.74, 6) is 1.47. The molecule has 2 aliphatic rings. The average molecular weight is 543 g/mol. The summed E-state index contributed by atoms with van der Waals surface area (Å²) in [6, 6.07) is 12.0. The molecule has 3 heterocycles. The van der Waals surface area contributed by atoms with Crippen molar-refractivity contribution in [1.29, 1.82) is 0 Å². The number of hydrogen-bond donors (Lipinski definition) is 0. The quantitative estimate of drug-likeness (QED) is 0.238. The number of benzene rings is 2. The smallest absolute Gasteiger partial charge is 0.340 e. The zero-order valence-electron chi connectivity index (χ0n) is 24.8. The molecule has 7 heteroatoms. The molecule has 0 bridgehead atoms. The van der Waals surface area contributed by atoms with Crippen LogP contribution in [0.15, 0.2) is 36.4 Å². The summed E-state index contributed by atoms with van der Waals surface area (Å²) in [6.07, 6.45) is 5.17. The lowest BCUT2D eigenvalue weighted by Gasteiger charge is -2.38. The van der Waals surface area contributed by atoms with E-state index < -0.39 is 5.60 Å². The van der Waals surface area contributed by atoms with Crippen LogP contribution in [0.2, 0.25) is 0 Å². The number of carbonyl (C=O) groups excluding carboxylic acids is 1. The molecule has 0 radical (unpaired) electrons. The number of anilines is 2. The van der Waals surface area contributed by atoms with Gasteiger partial charge in [-0.05, 0) is 57.7 Å². The third kappa shape index (κ3) is 4.49. The molecule has 2 aromatic carbocycles. The minimum absolute atomic E-state index is 0.337. The number of aryl methyl sites for hydroxylation is 2. The maximum absolute atomic E-state index is 13.4. The lowest BCUT2D eigenvalue weighted by atomic mass is 9.77. The fourth-order valence-electron chi connectivity index (χ4n) is 6.12. The Kier molecular flexibility index (Phi) is 8.02. The van der Waals surface area contributed by atoms with Gasteiger partial charge in [0.15, 0.2) is 5.60 Å². The Bertz CT molecular complexity index is 1390. The molecule has 0 amide bonds. The van der Waals surface area contributed by atoms with Crippen molar-refractivity contribution in [3.63, 3.8) is 0 Å². The number of fused-ring (bicyclic) bond motifs is 6. The van der Waals surface area contributed by atoms with E-state index in [4.69, 9.17) is 19.4 Å². The lowest BCUT2D eigenvalue weighted by molar-refractivity contribution is 0.0218. The second-order valence-electron chi connectivity index (χ2n) is 10.7. The topological polar surface area (TPSA) is 67.8 Å². The van der Waals surface area contributed by atoms with Gasteiger partial charge >= 0.3 is 5.97 Å². The van der Waals surface area contributed by atoms with Crippen LogP contribution in [0.25, 0.3) is 0 Å². The van der Waals surface area contributed by atoms with E-state index in [9.17, 15) is 4.79 Å². The van der Waals surface area contributed by atoms with Crippen molar-refractivity contribution in [2.75, 3.05) is 36.0 Å². The molecule has 0 N–H and O–H groups in total. The molecule has 0 aliphatic carbocycles. The third-order valence-electron chi connectivity index (χ3n) is 8.27. The Morgan fingerprint density at radius 1 is 0.875 bits per heavy atom. The molecular weight excluding hydrogens is 500 g/mol. The highest BCUT2D eigenvalue weighted by Crippen LogP contribution is 2.57. The summed E-state index contributed by atoms with van der Waals surface area (Å²) < 4.78 is 13.1. The molecule has 1 spiro atoms. The number of aromatic nitrogens is 2. The van der Waals surface area contributed by atoms with Crippen LogP contribution in [0.1, 0.15) is 98.6 Å². The molecule has 0 saturated heterocycles. The number of esters is 1. The van der Waals surface area contributed by atoms with Crippen LogP contribution in [0.4, 0.5) is 11.6 Å². The van der Waals surface area contributed by atoms with Crippen molar-refractivity contribution < 1.29 is 14.3 Å². The first kappa shape index (κ1) is 27.9. The van der Waals surface area contributed by atoms with Gasteiger partial charge in [-0.15, -0.1) is 0 Å². The second-order valence-corrected chi connectivity index (χ2v) is 10.7. The first-order chi connectivity index (χ1) is 19.4. The van der Waals surface area contributed by atoms with Crippen LogP contribution < -0.4 is 14.5 Å². The van der Waals surface area contributed by atoms with Gasteiger partial charge in [0.25, 0.3) is 0 Å². The molecule has 2 aliphatic heterocycles.